The average Bonchev–Trinajstić information content (AvgIpc) is 2.54. The fraction of sp³-hybridized carbons (Fsp3) is 0.350. The molecule has 130 valence electrons. The van der Waals surface area contributed by atoms with Crippen LogP contribution in [0.4, 0.5) is 0 Å². The summed E-state index contributed by atoms with van der Waals surface area (Å²) in [6.45, 7) is 4.93. The summed E-state index contributed by atoms with van der Waals surface area (Å²) in [6.07, 6.45) is 1.48. The summed E-state index contributed by atoms with van der Waals surface area (Å²) in [5.41, 5.74) is 8.37. The molecule has 0 aliphatic rings. The molecule has 0 saturated heterocycles. The summed E-state index contributed by atoms with van der Waals surface area (Å²) in [5, 5.41) is 3.00. The standard InChI is InChI=1S/C20H26N2O.ClH/c1-20(2,14-17-11-7-4-8-12-17)15-22-19(23)18(21)13-16-9-5-3-6-10-16;/h3-12,18H,13-15,21H2,1-2H3,(H,22,23);1H/t18-;/m0./s1. The minimum Gasteiger partial charge on any atom is -0.354 e. The Bertz CT molecular complexity index is 614. The van der Waals surface area contributed by atoms with Crippen LogP contribution >= 0.6 is 12.4 Å². The first-order chi connectivity index (χ1) is 11.0. The molecule has 4 heteroatoms. The monoisotopic (exact) mass is 346 g/mol. The predicted octanol–water partition coefficient (Wildman–Crippen LogP) is 3.36. The van der Waals surface area contributed by atoms with Crippen molar-refractivity contribution in [1.82, 2.24) is 5.32 Å². The van der Waals surface area contributed by atoms with Crippen LogP contribution in [0, 0.1) is 5.41 Å². The lowest BCUT2D eigenvalue weighted by Gasteiger charge is -2.26. The van der Waals surface area contributed by atoms with E-state index in [0.717, 1.165) is 12.0 Å². The van der Waals surface area contributed by atoms with Crippen LogP contribution < -0.4 is 11.1 Å². The van der Waals surface area contributed by atoms with E-state index in [1.165, 1.54) is 5.56 Å². The van der Waals surface area contributed by atoms with Gasteiger partial charge in [-0.1, -0.05) is 74.5 Å². The molecule has 24 heavy (non-hydrogen) atoms. The highest BCUT2D eigenvalue weighted by Gasteiger charge is 2.21. The first-order valence-corrected chi connectivity index (χ1v) is 8.07. The molecule has 2 rings (SSSR count). The zero-order valence-electron chi connectivity index (χ0n) is 14.4. The van der Waals surface area contributed by atoms with Gasteiger partial charge in [0, 0.05) is 6.54 Å². The van der Waals surface area contributed by atoms with E-state index in [1.807, 2.05) is 48.5 Å². The van der Waals surface area contributed by atoms with Gasteiger partial charge in [-0.25, -0.2) is 0 Å². The van der Waals surface area contributed by atoms with Crippen LogP contribution in [0.2, 0.25) is 0 Å². The first kappa shape index (κ1) is 20.2. The largest absolute Gasteiger partial charge is 0.354 e. The Morgan fingerprint density at radius 1 is 1.00 bits per heavy atom. The second kappa shape index (κ2) is 9.45. The number of nitrogens with one attached hydrogen (secondary N) is 1. The minimum absolute atomic E-state index is 0. The number of carbonyl (C=O) groups excluding carboxylic acids is 1. The molecule has 0 unspecified atom stereocenters. The Kier molecular flexibility index (Phi) is 7.96. The van der Waals surface area contributed by atoms with E-state index in [9.17, 15) is 4.79 Å². The van der Waals surface area contributed by atoms with E-state index in [-0.39, 0.29) is 23.7 Å². The van der Waals surface area contributed by atoms with Gasteiger partial charge in [-0.3, -0.25) is 4.79 Å². The smallest absolute Gasteiger partial charge is 0.237 e. The quantitative estimate of drug-likeness (QED) is 0.807. The highest BCUT2D eigenvalue weighted by Crippen LogP contribution is 2.20. The summed E-state index contributed by atoms with van der Waals surface area (Å²) < 4.78 is 0. The molecule has 0 aliphatic carbocycles. The number of halogens is 1. The van der Waals surface area contributed by atoms with Gasteiger partial charge >= 0.3 is 0 Å². The lowest BCUT2D eigenvalue weighted by molar-refractivity contribution is -0.122. The molecule has 0 radical (unpaired) electrons. The first-order valence-electron chi connectivity index (χ1n) is 8.07. The Morgan fingerprint density at radius 2 is 1.50 bits per heavy atom. The highest BCUT2D eigenvalue weighted by molar-refractivity contribution is 5.85. The minimum atomic E-state index is -0.509. The zero-order chi connectivity index (χ0) is 16.7. The van der Waals surface area contributed by atoms with Crippen LogP contribution in [0.15, 0.2) is 60.7 Å². The van der Waals surface area contributed by atoms with E-state index >= 15 is 0 Å². The van der Waals surface area contributed by atoms with E-state index in [1.54, 1.807) is 0 Å². The van der Waals surface area contributed by atoms with Crippen molar-refractivity contribution in [2.75, 3.05) is 6.54 Å². The maximum atomic E-state index is 12.2. The predicted molar refractivity (Wildman–Crippen MR) is 102 cm³/mol. The molecule has 3 nitrogen and oxygen atoms in total. The maximum absolute atomic E-state index is 12.2. The molecule has 0 heterocycles. The number of benzene rings is 2. The van der Waals surface area contributed by atoms with Crippen molar-refractivity contribution in [1.29, 1.82) is 0 Å². The topological polar surface area (TPSA) is 55.1 Å². The average molecular weight is 347 g/mol. The number of nitrogens with two attached hydrogens (primary N) is 1. The molecule has 1 atom stereocenters. The van der Waals surface area contributed by atoms with Crippen molar-refractivity contribution in [2.24, 2.45) is 11.1 Å². The van der Waals surface area contributed by atoms with Crippen molar-refractivity contribution >= 4 is 18.3 Å². The van der Waals surface area contributed by atoms with Gasteiger partial charge in [0.15, 0.2) is 0 Å². The molecule has 0 aliphatic heterocycles. The van der Waals surface area contributed by atoms with Crippen molar-refractivity contribution in [3.63, 3.8) is 0 Å². The molecule has 3 N–H and O–H groups in total. The molecule has 2 aromatic carbocycles. The Balaban J connectivity index is 0.00000288. The third-order valence-corrected chi connectivity index (χ3v) is 3.90. The number of hydrogen-bond acceptors (Lipinski definition) is 2. The maximum Gasteiger partial charge on any atom is 0.237 e. The third kappa shape index (κ3) is 6.73. The van der Waals surface area contributed by atoms with Gasteiger partial charge in [-0.2, -0.15) is 0 Å². The van der Waals surface area contributed by atoms with Crippen molar-refractivity contribution in [2.45, 2.75) is 32.7 Å². The fourth-order valence-electron chi connectivity index (χ4n) is 2.63. The summed E-state index contributed by atoms with van der Waals surface area (Å²) >= 11 is 0. The zero-order valence-corrected chi connectivity index (χ0v) is 15.2. The van der Waals surface area contributed by atoms with E-state index in [2.05, 4.69) is 31.3 Å². The van der Waals surface area contributed by atoms with Crippen LogP contribution in [-0.4, -0.2) is 18.5 Å². The molecular weight excluding hydrogens is 320 g/mol. The number of carbonyl (C=O) groups is 1. The highest BCUT2D eigenvalue weighted by atomic mass is 35.5. The summed E-state index contributed by atoms with van der Waals surface area (Å²) in [6, 6.07) is 19.7. The molecule has 2 aromatic rings. The summed E-state index contributed by atoms with van der Waals surface area (Å²) in [5.74, 6) is -0.0880. The Hall–Kier alpha value is -1.84. The van der Waals surface area contributed by atoms with Gasteiger partial charge in [0.2, 0.25) is 5.91 Å². The second-order valence-corrected chi connectivity index (χ2v) is 6.84. The SMILES string of the molecule is CC(C)(CNC(=O)[C@@H](N)Cc1ccccc1)Cc1ccccc1.Cl. The lowest BCUT2D eigenvalue weighted by Crippen LogP contribution is -2.45. The molecule has 1 amide bonds. The number of rotatable bonds is 7. The number of hydrogen-bond donors (Lipinski definition) is 2. The number of amides is 1. The van der Waals surface area contributed by atoms with E-state index < -0.39 is 6.04 Å². The van der Waals surface area contributed by atoms with Crippen molar-refractivity contribution in [3.8, 4) is 0 Å². The summed E-state index contributed by atoms with van der Waals surface area (Å²) in [4.78, 5) is 12.2. The molecule has 0 spiro atoms. The van der Waals surface area contributed by atoms with E-state index in [4.69, 9.17) is 5.73 Å². The second-order valence-electron chi connectivity index (χ2n) is 6.84. The normalized spacial score (nSPS) is 12.1. The van der Waals surface area contributed by atoms with Crippen LogP contribution in [0.1, 0.15) is 25.0 Å². The van der Waals surface area contributed by atoms with Crippen molar-refractivity contribution in [3.05, 3.63) is 71.8 Å². The van der Waals surface area contributed by atoms with Crippen molar-refractivity contribution < 1.29 is 4.79 Å². The molecule has 0 bridgehead atoms. The third-order valence-electron chi connectivity index (χ3n) is 3.90. The fourth-order valence-corrected chi connectivity index (χ4v) is 2.63. The van der Waals surface area contributed by atoms with Crippen LogP contribution in [0.25, 0.3) is 0 Å². The molecule has 0 fully saturated rings. The molecular formula is C20H27ClN2O. The Labute approximate surface area is 151 Å². The molecule has 0 saturated carbocycles. The van der Waals surface area contributed by atoms with Gasteiger partial charge in [0.05, 0.1) is 6.04 Å². The van der Waals surface area contributed by atoms with Crippen LogP contribution in [0.5, 0.6) is 0 Å². The lowest BCUT2D eigenvalue weighted by atomic mass is 9.85. The van der Waals surface area contributed by atoms with Gasteiger partial charge in [0.25, 0.3) is 0 Å². The van der Waals surface area contributed by atoms with Gasteiger partial charge in [-0.05, 0) is 29.4 Å². The van der Waals surface area contributed by atoms with Gasteiger partial charge in [0.1, 0.15) is 0 Å². The van der Waals surface area contributed by atoms with Gasteiger partial charge < -0.3 is 11.1 Å². The van der Waals surface area contributed by atoms with Gasteiger partial charge in [-0.15, -0.1) is 12.4 Å². The van der Waals surface area contributed by atoms with Crippen LogP contribution in [0.3, 0.4) is 0 Å². The Morgan fingerprint density at radius 3 is 2.04 bits per heavy atom. The van der Waals surface area contributed by atoms with E-state index in [0.29, 0.717) is 13.0 Å². The molecule has 0 aromatic heterocycles. The van der Waals surface area contributed by atoms with Crippen LogP contribution in [-0.2, 0) is 17.6 Å². The summed E-state index contributed by atoms with van der Waals surface area (Å²) in [7, 11) is 0.